The van der Waals surface area contributed by atoms with Gasteiger partial charge in [-0.05, 0) is 120 Å². The van der Waals surface area contributed by atoms with Crippen LogP contribution in [0.3, 0.4) is 0 Å². The molecule has 7 rings (SSSR count). The van der Waals surface area contributed by atoms with Crippen LogP contribution in [-0.4, -0.2) is 4.57 Å². The molecule has 2 heteroatoms. The van der Waals surface area contributed by atoms with Crippen LogP contribution < -0.4 is 5.73 Å². The number of nitrogens with two attached hydrogens (primary N) is 1. The molecule has 2 nitrogen and oxygen atoms in total. The summed E-state index contributed by atoms with van der Waals surface area (Å²) in [5, 5.41) is 1.17. The minimum Gasteiger partial charge on any atom is -0.384 e. The van der Waals surface area contributed by atoms with E-state index in [-0.39, 0.29) is 5.92 Å². The molecule has 0 fully saturated rings. The molecule has 2 N–H and O–H groups in total. The van der Waals surface area contributed by atoms with E-state index in [4.69, 9.17) is 5.73 Å². The van der Waals surface area contributed by atoms with Crippen LogP contribution in [0.5, 0.6) is 0 Å². The zero-order chi connectivity index (χ0) is 34.1. The number of aromatic nitrogens is 1. The van der Waals surface area contributed by atoms with Crippen molar-refractivity contribution in [2.75, 3.05) is 5.73 Å². The highest BCUT2D eigenvalue weighted by molar-refractivity contribution is 5.99. The predicted molar refractivity (Wildman–Crippen MR) is 212 cm³/mol. The van der Waals surface area contributed by atoms with E-state index in [1.807, 2.05) is 0 Å². The van der Waals surface area contributed by atoms with Gasteiger partial charge in [-0.3, -0.25) is 4.57 Å². The molecule has 0 spiro atoms. The van der Waals surface area contributed by atoms with E-state index < -0.39 is 0 Å². The summed E-state index contributed by atoms with van der Waals surface area (Å²) in [5.41, 5.74) is 24.0. The van der Waals surface area contributed by atoms with Crippen LogP contribution in [0.4, 0.5) is 5.82 Å². The van der Waals surface area contributed by atoms with Crippen molar-refractivity contribution in [3.8, 4) is 27.9 Å². The standard InChI is InChI=1S/C47H50N2/c1-6-9-13-33-18-21-35(22-19-33)36-23-26-45-44(30-36)41(12-8-3)47(48)49(45)38-16-11-15-37(29-38)46-32(5)39-24-17-31(4)27-42(39)43-28-34(14-10-7-2)20-25-40(43)46/h8,11-12,15-30,32,46H,6-7,9-10,13-14,48H2,1-5H3/b12-8-. The number of hydrogen-bond acceptors (Lipinski definition) is 1. The van der Waals surface area contributed by atoms with Crippen molar-refractivity contribution in [2.45, 2.75) is 85.0 Å². The van der Waals surface area contributed by atoms with Gasteiger partial charge >= 0.3 is 0 Å². The number of benzene rings is 5. The van der Waals surface area contributed by atoms with Crippen molar-refractivity contribution in [1.82, 2.24) is 4.57 Å². The molecule has 6 aromatic rings. The predicted octanol–water partition coefficient (Wildman–Crippen LogP) is 12.8. The SMILES string of the molecule is C/C=C\c1c(N)n(-c2cccc(C3c4ccc(CCCC)cc4-c4cc(C)ccc4C3C)c2)c2ccc(-c3ccc(CCCC)cc3)cc12. The van der Waals surface area contributed by atoms with Gasteiger partial charge in [0.2, 0.25) is 0 Å². The van der Waals surface area contributed by atoms with Gasteiger partial charge in [0.15, 0.2) is 0 Å². The summed E-state index contributed by atoms with van der Waals surface area (Å²) in [4.78, 5) is 0. The Bertz CT molecular complexity index is 2140. The van der Waals surface area contributed by atoms with E-state index in [1.54, 1.807) is 0 Å². The van der Waals surface area contributed by atoms with E-state index >= 15 is 0 Å². The van der Waals surface area contributed by atoms with Gasteiger partial charge in [0, 0.05) is 22.6 Å². The highest BCUT2D eigenvalue weighted by Crippen LogP contribution is 2.50. The fourth-order valence-corrected chi connectivity index (χ4v) is 8.10. The van der Waals surface area contributed by atoms with Crippen LogP contribution in [0.25, 0.3) is 44.9 Å². The fraction of sp³-hybridized carbons (Fsp3) is 0.277. The normalized spacial score (nSPS) is 15.5. The third-order valence-electron chi connectivity index (χ3n) is 10.7. The Balaban J connectivity index is 1.32. The van der Waals surface area contributed by atoms with Crippen LogP contribution in [0, 0.1) is 6.92 Å². The minimum atomic E-state index is 0.246. The molecular formula is C47H50N2. The largest absolute Gasteiger partial charge is 0.384 e. The number of fused-ring (bicyclic) bond motifs is 4. The third kappa shape index (κ3) is 6.14. The van der Waals surface area contributed by atoms with Crippen molar-refractivity contribution < 1.29 is 0 Å². The van der Waals surface area contributed by atoms with Gasteiger partial charge in [0.25, 0.3) is 0 Å². The maximum absolute atomic E-state index is 7.07. The van der Waals surface area contributed by atoms with Crippen LogP contribution in [0.1, 0.15) is 104 Å². The molecule has 0 amide bonds. The lowest BCUT2D eigenvalue weighted by Crippen LogP contribution is -2.17. The number of nitrogens with zero attached hydrogens (tertiary/aromatic N) is 1. The molecule has 1 heterocycles. The lowest BCUT2D eigenvalue weighted by Gasteiger charge is -2.35. The van der Waals surface area contributed by atoms with E-state index in [1.165, 1.54) is 86.7 Å². The minimum absolute atomic E-state index is 0.246. The third-order valence-corrected chi connectivity index (χ3v) is 10.7. The number of anilines is 1. The van der Waals surface area contributed by atoms with Crippen LogP contribution in [-0.2, 0) is 12.8 Å². The van der Waals surface area contributed by atoms with Crippen molar-refractivity contribution in [3.05, 3.63) is 148 Å². The first-order valence-electron chi connectivity index (χ1n) is 18.4. The summed E-state index contributed by atoms with van der Waals surface area (Å²) in [5.74, 6) is 1.36. The summed E-state index contributed by atoms with van der Waals surface area (Å²) in [7, 11) is 0. The van der Waals surface area contributed by atoms with Crippen LogP contribution >= 0.6 is 0 Å². The topological polar surface area (TPSA) is 30.9 Å². The van der Waals surface area contributed by atoms with Crippen LogP contribution in [0.2, 0.25) is 0 Å². The number of nitrogen functional groups attached to an aromatic ring is 1. The molecule has 2 atom stereocenters. The molecule has 49 heavy (non-hydrogen) atoms. The smallest absolute Gasteiger partial charge is 0.116 e. The first-order valence-corrected chi connectivity index (χ1v) is 18.4. The van der Waals surface area contributed by atoms with Gasteiger partial charge in [0.05, 0.1) is 5.52 Å². The molecule has 2 unspecified atom stereocenters. The van der Waals surface area contributed by atoms with Gasteiger partial charge in [-0.2, -0.15) is 0 Å². The Kier molecular flexibility index (Phi) is 9.32. The van der Waals surface area contributed by atoms with Crippen molar-refractivity contribution in [1.29, 1.82) is 0 Å². The molecule has 0 aliphatic heterocycles. The quantitative estimate of drug-likeness (QED) is 0.158. The fourth-order valence-electron chi connectivity index (χ4n) is 8.10. The first-order chi connectivity index (χ1) is 23.9. The Morgan fingerprint density at radius 1 is 0.714 bits per heavy atom. The molecular weight excluding hydrogens is 593 g/mol. The van der Waals surface area contributed by atoms with Gasteiger partial charge in [-0.1, -0.05) is 130 Å². The Morgan fingerprint density at radius 3 is 2.16 bits per heavy atom. The second kappa shape index (κ2) is 14.0. The van der Waals surface area contributed by atoms with Gasteiger partial charge in [-0.15, -0.1) is 0 Å². The number of rotatable bonds is 10. The average Bonchev–Trinajstić information content (AvgIpc) is 3.40. The van der Waals surface area contributed by atoms with E-state index in [0.29, 0.717) is 5.92 Å². The Hall–Kier alpha value is -4.82. The summed E-state index contributed by atoms with van der Waals surface area (Å²) < 4.78 is 2.26. The second-order valence-electron chi connectivity index (χ2n) is 14.1. The molecule has 5 aromatic carbocycles. The monoisotopic (exact) mass is 642 g/mol. The molecule has 0 saturated carbocycles. The number of aryl methyl sites for hydroxylation is 3. The molecule has 0 radical (unpaired) electrons. The Morgan fingerprint density at radius 2 is 1.41 bits per heavy atom. The lowest BCUT2D eigenvalue weighted by atomic mass is 9.69. The maximum Gasteiger partial charge on any atom is 0.116 e. The van der Waals surface area contributed by atoms with Gasteiger partial charge in [0.1, 0.15) is 5.82 Å². The second-order valence-corrected chi connectivity index (χ2v) is 14.1. The summed E-state index contributed by atoms with van der Waals surface area (Å²) in [6, 6.07) is 39.3. The highest BCUT2D eigenvalue weighted by atomic mass is 15.1. The zero-order valence-corrected chi connectivity index (χ0v) is 29.9. The molecule has 1 aromatic heterocycles. The summed E-state index contributed by atoms with van der Waals surface area (Å²) >= 11 is 0. The first kappa shape index (κ1) is 32.7. The molecule has 0 bridgehead atoms. The van der Waals surface area contributed by atoms with Gasteiger partial charge < -0.3 is 5.73 Å². The highest BCUT2D eigenvalue weighted by Gasteiger charge is 2.32. The van der Waals surface area contributed by atoms with E-state index in [2.05, 4.69) is 154 Å². The molecule has 1 aliphatic rings. The maximum atomic E-state index is 7.07. The number of hydrogen-bond donors (Lipinski definition) is 1. The van der Waals surface area contributed by atoms with Crippen molar-refractivity contribution >= 4 is 22.8 Å². The molecule has 1 aliphatic carbocycles. The van der Waals surface area contributed by atoms with E-state index in [9.17, 15) is 0 Å². The van der Waals surface area contributed by atoms with Crippen LogP contribution in [0.15, 0.2) is 109 Å². The average molecular weight is 643 g/mol. The number of unbranched alkanes of at least 4 members (excludes halogenated alkanes) is 2. The lowest BCUT2D eigenvalue weighted by molar-refractivity contribution is 0.648. The Labute approximate surface area is 293 Å². The van der Waals surface area contributed by atoms with Gasteiger partial charge in [-0.25, -0.2) is 0 Å². The summed E-state index contributed by atoms with van der Waals surface area (Å²) in [6.45, 7) is 11.2. The van der Waals surface area contributed by atoms with Crippen molar-refractivity contribution in [3.63, 3.8) is 0 Å². The number of allylic oxidation sites excluding steroid dienone is 1. The van der Waals surface area contributed by atoms with E-state index in [0.717, 1.165) is 35.4 Å². The molecule has 0 saturated heterocycles. The molecule has 248 valence electrons. The van der Waals surface area contributed by atoms with Crippen molar-refractivity contribution in [2.24, 2.45) is 0 Å². The zero-order valence-electron chi connectivity index (χ0n) is 29.9. The summed E-state index contributed by atoms with van der Waals surface area (Å²) in [6.07, 6.45) is 11.4.